The van der Waals surface area contributed by atoms with E-state index in [1.165, 1.54) is 24.3 Å². The second-order valence-corrected chi connectivity index (χ2v) is 6.05. The highest BCUT2D eigenvalue weighted by atomic mass is 19.1. The molecule has 1 unspecified atom stereocenters. The molecular weight excluding hydrogens is 321 g/mol. The quantitative estimate of drug-likeness (QED) is 0.753. The van der Waals surface area contributed by atoms with E-state index in [9.17, 15) is 9.18 Å². The van der Waals surface area contributed by atoms with Crippen LogP contribution in [0.15, 0.2) is 54.6 Å². The van der Waals surface area contributed by atoms with E-state index in [0.29, 0.717) is 31.9 Å². The van der Waals surface area contributed by atoms with Gasteiger partial charge < -0.3 is 14.4 Å². The summed E-state index contributed by atoms with van der Waals surface area (Å²) in [6.07, 6.45) is 1.84. The summed E-state index contributed by atoms with van der Waals surface area (Å²) >= 11 is 0. The first-order chi connectivity index (χ1) is 12.2. The molecular formula is C20H22FNO3. The predicted molar refractivity (Wildman–Crippen MR) is 93.2 cm³/mol. The van der Waals surface area contributed by atoms with Gasteiger partial charge in [-0.25, -0.2) is 4.39 Å². The van der Waals surface area contributed by atoms with Crippen molar-refractivity contribution in [2.75, 3.05) is 26.3 Å². The summed E-state index contributed by atoms with van der Waals surface area (Å²) in [4.78, 5) is 14.3. The number of piperidine rings is 1. The smallest absolute Gasteiger partial charge is 0.253 e. The molecule has 1 fully saturated rings. The first kappa shape index (κ1) is 17.4. The highest BCUT2D eigenvalue weighted by Gasteiger charge is 2.24. The molecule has 0 aromatic heterocycles. The van der Waals surface area contributed by atoms with Gasteiger partial charge in [0, 0.05) is 18.7 Å². The molecule has 5 heteroatoms. The third-order valence-electron chi connectivity index (χ3n) is 4.21. The molecule has 132 valence electrons. The van der Waals surface area contributed by atoms with Crippen LogP contribution in [0.25, 0.3) is 0 Å². The maximum atomic E-state index is 13.0. The fourth-order valence-corrected chi connectivity index (χ4v) is 2.92. The predicted octanol–water partition coefficient (Wildman–Crippen LogP) is 3.53. The molecule has 0 radical (unpaired) electrons. The molecule has 0 aliphatic carbocycles. The number of hydrogen-bond acceptors (Lipinski definition) is 3. The maximum absolute atomic E-state index is 13.0. The highest BCUT2D eigenvalue weighted by Crippen LogP contribution is 2.17. The zero-order valence-corrected chi connectivity index (χ0v) is 14.1. The van der Waals surface area contributed by atoms with Crippen LogP contribution in [0.1, 0.15) is 23.2 Å². The third-order valence-corrected chi connectivity index (χ3v) is 4.21. The number of para-hydroxylation sites is 1. The Hall–Kier alpha value is -2.40. The molecule has 2 aromatic rings. The van der Waals surface area contributed by atoms with E-state index in [4.69, 9.17) is 9.47 Å². The minimum Gasteiger partial charge on any atom is -0.491 e. The van der Waals surface area contributed by atoms with Gasteiger partial charge >= 0.3 is 0 Å². The standard InChI is InChI=1S/C20H22FNO3/c21-17-10-8-16(9-11-17)20(23)22-12-4-7-19(15-22)25-14-13-24-18-5-2-1-3-6-18/h1-3,5-6,8-11,19H,4,7,12-15H2. The number of likely N-dealkylation sites (tertiary alicyclic amines) is 1. The fourth-order valence-electron chi connectivity index (χ4n) is 2.92. The van der Waals surface area contributed by atoms with Gasteiger partial charge in [0.25, 0.3) is 5.91 Å². The van der Waals surface area contributed by atoms with Crippen LogP contribution >= 0.6 is 0 Å². The van der Waals surface area contributed by atoms with E-state index in [-0.39, 0.29) is 17.8 Å². The number of benzene rings is 2. The third kappa shape index (κ3) is 5.03. The lowest BCUT2D eigenvalue weighted by Gasteiger charge is -2.32. The van der Waals surface area contributed by atoms with E-state index in [1.807, 2.05) is 30.3 Å². The second kappa shape index (κ2) is 8.62. The molecule has 25 heavy (non-hydrogen) atoms. The van der Waals surface area contributed by atoms with Crippen LogP contribution in [0.3, 0.4) is 0 Å². The Balaban J connectivity index is 1.44. The minimum atomic E-state index is -0.338. The van der Waals surface area contributed by atoms with E-state index in [0.717, 1.165) is 18.6 Å². The fraction of sp³-hybridized carbons (Fsp3) is 0.350. The van der Waals surface area contributed by atoms with E-state index in [2.05, 4.69) is 0 Å². The Morgan fingerprint density at radius 1 is 1.08 bits per heavy atom. The summed E-state index contributed by atoms with van der Waals surface area (Å²) in [6.45, 7) is 2.22. The molecule has 1 saturated heterocycles. The lowest BCUT2D eigenvalue weighted by Crippen LogP contribution is -2.43. The normalized spacial score (nSPS) is 17.3. The van der Waals surface area contributed by atoms with Crippen molar-refractivity contribution in [1.29, 1.82) is 0 Å². The molecule has 1 heterocycles. The number of hydrogen-bond donors (Lipinski definition) is 0. The Morgan fingerprint density at radius 3 is 2.60 bits per heavy atom. The first-order valence-corrected chi connectivity index (χ1v) is 8.56. The van der Waals surface area contributed by atoms with Crippen molar-refractivity contribution in [2.45, 2.75) is 18.9 Å². The molecule has 0 saturated carbocycles. The van der Waals surface area contributed by atoms with Crippen molar-refractivity contribution >= 4 is 5.91 Å². The summed E-state index contributed by atoms with van der Waals surface area (Å²) in [5, 5.41) is 0. The van der Waals surface area contributed by atoms with Gasteiger partial charge in [-0.3, -0.25) is 4.79 Å². The number of amides is 1. The number of ether oxygens (including phenoxy) is 2. The Morgan fingerprint density at radius 2 is 1.84 bits per heavy atom. The van der Waals surface area contributed by atoms with Gasteiger partial charge in [-0.2, -0.15) is 0 Å². The Bertz CT molecular complexity index is 675. The highest BCUT2D eigenvalue weighted by molar-refractivity contribution is 5.94. The molecule has 1 aliphatic heterocycles. The van der Waals surface area contributed by atoms with E-state index < -0.39 is 0 Å². The molecule has 1 amide bonds. The van der Waals surface area contributed by atoms with Crippen molar-refractivity contribution in [3.05, 3.63) is 66.0 Å². The lowest BCUT2D eigenvalue weighted by molar-refractivity contribution is -0.00817. The monoisotopic (exact) mass is 343 g/mol. The number of rotatable bonds is 6. The van der Waals surface area contributed by atoms with Gasteiger partial charge in [-0.1, -0.05) is 18.2 Å². The van der Waals surface area contributed by atoms with E-state index in [1.54, 1.807) is 4.90 Å². The SMILES string of the molecule is O=C(c1ccc(F)cc1)N1CCCC(OCCOc2ccccc2)C1. The number of nitrogens with zero attached hydrogens (tertiary/aromatic N) is 1. The zero-order chi connectivity index (χ0) is 17.5. The maximum Gasteiger partial charge on any atom is 0.253 e. The topological polar surface area (TPSA) is 38.8 Å². The van der Waals surface area contributed by atoms with Crippen molar-refractivity contribution in [1.82, 2.24) is 4.90 Å². The van der Waals surface area contributed by atoms with Crippen LogP contribution < -0.4 is 4.74 Å². The van der Waals surface area contributed by atoms with Crippen LogP contribution in [0.2, 0.25) is 0 Å². The van der Waals surface area contributed by atoms with E-state index >= 15 is 0 Å². The molecule has 0 bridgehead atoms. The average molecular weight is 343 g/mol. The molecule has 3 rings (SSSR count). The summed E-state index contributed by atoms with van der Waals surface area (Å²) in [6, 6.07) is 15.3. The largest absolute Gasteiger partial charge is 0.491 e. The van der Waals surface area contributed by atoms with Crippen LogP contribution in [-0.4, -0.2) is 43.2 Å². The van der Waals surface area contributed by atoms with Crippen LogP contribution in [-0.2, 0) is 4.74 Å². The van der Waals surface area contributed by atoms with Gasteiger partial charge in [-0.05, 0) is 49.2 Å². The van der Waals surface area contributed by atoms with Gasteiger partial charge in [0.15, 0.2) is 0 Å². The summed E-state index contributed by atoms with van der Waals surface area (Å²) in [5.74, 6) is 0.409. The number of halogens is 1. The second-order valence-electron chi connectivity index (χ2n) is 6.05. The summed E-state index contributed by atoms with van der Waals surface area (Å²) < 4.78 is 24.5. The van der Waals surface area contributed by atoms with Crippen LogP contribution in [0.4, 0.5) is 4.39 Å². The van der Waals surface area contributed by atoms with Gasteiger partial charge in [0.05, 0.1) is 12.7 Å². The molecule has 0 N–H and O–H groups in total. The Kier molecular flexibility index (Phi) is 6.01. The van der Waals surface area contributed by atoms with Gasteiger partial charge in [-0.15, -0.1) is 0 Å². The average Bonchev–Trinajstić information content (AvgIpc) is 2.66. The number of carbonyl (C=O) groups is 1. The van der Waals surface area contributed by atoms with Crippen molar-refractivity contribution in [3.8, 4) is 5.75 Å². The number of carbonyl (C=O) groups excluding carboxylic acids is 1. The van der Waals surface area contributed by atoms with Crippen molar-refractivity contribution in [2.24, 2.45) is 0 Å². The Labute approximate surface area is 147 Å². The van der Waals surface area contributed by atoms with Gasteiger partial charge in [0.1, 0.15) is 18.2 Å². The van der Waals surface area contributed by atoms with Crippen molar-refractivity contribution < 1.29 is 18.7 Å². The lowest BCUT2D eigenvalue weighted by atomic mass is 10.1. The minimum absolute atomic E-state index is 0.0116. The molecule has 1 aliphatic rings. The summed E-state index contributed by atoms with van der Waals surface area (Å²) in [7, 11) is 0. The first-order valence-electron chi connectivity index (χ1n) is 8.56. The molecule has 0 spiro atoms. The zero-order valence-electron chi connectivity index (χ0n) is 14.1. The summed E-state index contributed by atoms with van der Waals surface area (Å²) in [5.41, 5.74) is 0.509. The molecule has 1 atom stereocenters. The van der Waals surface area contributed by atoms with Crippen LogP contribution in [0.5, 0.6) is 5.75 Å². The van der Waals surface area contributed by atoms with Crippen LogP contribution in [0, 0.1) is 5.82 Å². The van der Waals surface area contributed by atoms with Gasteiger partial charge in [0.2, 0.25) is 0 Å². The van der Waals surface area contributed by atoms with Crippen molar-refractivity contribution in [3.63, 3.8) is 0 Å². The molecule has 2 aromatic carbocycles. The molecule has 4 nitrogen and oxygen atoms in total.